The molecule has 0 bridgehead atoms. The molecule has 1 aromatic rings. The Morgan fingerprint density at radius 2 is 2.47 bits per heavy atom. The number of rotatable bonds is 6. The topological polar surface area (TPSA) is 61.0 Å². The Morgan fingerprint density at radius 1 is 1.59 bits per heavy atom. The predicted octanol–water partition coefficient (Wildman–Crippen LogP) is 2.45. The van der Waals surface area contributed by atoms with Crippen LogP contribution in [0.1, 0.15) is 55.6 Å². The summed E-state index contributed by atoms with van der Waals surface area (Å²) in [6.45, 7) is 3.07. The molecule has 0 radical (unpaired) electrons. The first-order chi connectivity index (χ1) is 8.31. The number of hydrogen-bond acceptors (Lipinski definition) is 5. The summed E-state index contributed by atoms with van der Waals surface area (Å²) < 4.78 is 9.64. The molecule has 0 amide bonds. The standard InChI is InChI=1S/C12H21N3OS/c1-2-4-11-12(17-15-14-11)10(13)7-6-9-5-3-8-16-9/h9-10H,2-8,13H2,1H3. The Balaban J connectivity index is 1.85. The summed E-state index contributed by atoms with van der Waals surface area (Å²) in [5.74, 6) is 0. The summed E-state index contributed by atoms with van der Waals surface area (Å²) in [6.07, 6.45) is 6.93. The smallest absolute Gasteiger partial charge is 0.0803 e. The summed E-state index contributed by atoms with van der Waals surface area (Å²) >= 11 is 1.45. The second kappa shape index (κ2) is 6.42. The molecule has 96 valence electrons. The minimum absolute atomic E-state index is 0.0840. The quantitative estimate of drug-likeness (QED) is 0.848. The number of nitrogens with zero attached hydrogens (tertiary/aromatic N) is 2. The maximum Gasteiger partial charge on any atom is 0.0803 e. The van der Waals surface area contributed by atoms with E-state index < -0.39 is 0 Å². The Hall–Kier alpha value is -0.520. The summed E-state index contributed by atoms with van der Waals surface area (Å²) in [4.78, 5) is 1.17. The Labute approximate surface area is 107 Å². The lowest BCUT2D eigenvalue weighted by atomic mass is 10.0. The van der Waals surface area contributed by atoms with Crippen LogP contribution in [-0.4, -0.2) is 22.3 Å². The first kappa shape index (κ1) is 12.9. The molecule has 0 aromatic carbocycles. The Morgan fingerprint density at radius 3 is 3.18 bits per heavy atom. The van der Waals surface area contributed by atoms with Gasteiger partial charge in [-0.3, -0.25) is 0 Å². The monoisotopic (exact) mass is 255 g/mol. The van der Waals surface area contributed by atoms with Crippen molar-refractivity contribution in [2.75, 3.05) is 6.61 Å². The van der Waals surface area contributed by atoms with Crippen molar-refractivity contribution >= 4 is 11.5 Å². The molecular weight excluding hydrogens is 234 g/mol. The summed E-state index contributed by atoms with van der Waals surface area (Å²) in [5.41, 5.74) is 7.32. The predicted molar refractivity (Wildman–Crippen MR) is 69.0 cm³/mol. The normalized spacial score (nSPS) is 21.9. The molecular formula is C12H21N3OS. The van der Waals surface area contributed by atoms with Crippen LogP contribution in [0.3, 0.4) is 0 Å². The molecule has 2 N–H and O–H groups in total. The van der Waals surface area contributed by atoms with Gasteiger partial charge in [-0.1, -0.05) is 17.8 Å². The van der Waals surface area contributed by atoms with Gasteiger partial charge in [-0.25, -0.2) is 0 Å². The number of aryl methyl sites for hydroxylation is 1. The average Bonchev–Trinajstić information content (AvgIpc) is 2.97. The van der Waals surface area contributed by atoms with Crippen molar-refractivity contribution < 1.29 is 4.74 Å². The average molecular weight is 255 g/mol. The van der Waals surface area contributed by atoms with Crippen molar-refractivity contribution in [1.29, 1.82) is 0 Å². The minimum Gasteiger partial charge on any atom is -0.378 e. The lowest BCUT2D eigenvalue weighted by Gasteiger charge is -2.13. The largest absolute Gasteiger partial charge is 0.378 e. The van der Waals surface area contributed by atoms with Gasteiger partial charge in [0.2, 0.25) is 0 Å². The van der Waals surface area contributed by atoms with Crippen LogP contribution >= 0.6 is 11.5 Å². The zero-order valence-corrected chi connectivity index (χ0v) is 11.2. The van der Waals surface area contributed by atoms with Gasteiger partial charge in [0.25, 0.3) is 0 Å². The van der Waals surface area contributed by atoms with E-state index in [-0.39, 0.29) is 6.04 Å². The van der Waals surface area contributed by atoms with E-state index in [2.05, 4.69) is 16.5 Å². The summed E-state index contributed by atoms with van der Waals surface area (Å²) in [5, 5.41) is 4.16. The van der Waals surface area contributed by atoms with E-state index in [1.54, 1.807) is 0 Å². The molecule has 1 aliphatic heterocycles. The minimum atomic E-state index is 0.0840. The number of ether oxygens (including phenoxy) is 1. The van der Waals surface area contributed by atoms with Crippen molar-refractivity contribution in [3.63, 3.8) is 0 Å². The van der Waals surface area contributed by atoms with Gasteiger partial charge in [-0.15, -0.1) is 5.10 Å². The molecule has 17 heavy (non-hydrogen) atoms. The van der Waals surface area contributed by atoms with Crippen LogP contribution in [0, 0.1) is 0 Å². The highest BCUT2D eigenvalue weighted by molar-refractivity contribution is 7.05. The summed E-state index contributed by atoms with van der Waals surface area (Å²) in [7, 11) is 0. The first-order valence-corrected chi connectivity index (χ1v) is 7.27. The second-order valence-corrected chi connectivity index (χ2v) is 5.44. The fourth-order valence-corrected chi connectivity index (χ4v) is 3.00. The van der Waals surface area contributed by atoms with Gasteiger partial charge in [0, 0.05) is 12.6 Å². The van der Waals surface area contributed by atoms with E-state index >= 15 is 0 Å². The van der Waals surface area contributed by atoms with Crippen LogP contribution in [0.2, 0.25) is 0 Å². The van der Waals surface area contributed by atoms with E-state index in [0.29, 0.717) is 6.10 Å². The van der Waals surface area contributed by atoms with Crippen LogP contribution < -0.4 is 5.73 Å². The molecule has 5 heteroatoms. The van der Waals surface area contributed by atoms with E-state index in [4.69, 9.17) is 10.5 Å². The lowest BCUT2D eigenvalue weighted by molar-refractivity contribution is 0.101. The van der Waals surface area contributed by atoms with Gasteiger partial charge in [0.05, 0.1) is 16.7 Å². The van der Waals surface area contributed by atoms with E-state index in [1.807, 2.05) is 0 Å². The zero-order chi connectivity index (χ0) is 12.1. The third-order valence-corrected chi connectivity index (χ3v) is 4.13. The fraction of sp³-hybridized carbons (Fsp3) is 0.833. The van der Waals surface area contributed by atoms with Crippen LogP contribution in [0.15, 0.2) is 0 Å². The molecule has 1 saturated heterocycles. The van der Waals surface area contributed by atoms with Crippen LogP contribution in [0.5, 0.6) is 0 Å². The van der Waals surface area contributed by atoms with Crippen LogP contribution in [-0.2, 0) is 11.2 Å². The summed E-state index contributed by atoms with van der Waals surface area (Å²) in [6, 6.07) is 0.0840. The molecule has 2 unspecified atom stereocenters. The van der Waals surface area contributed by atoms with Gasteiger partial charge in [-0.05, 0) is 43.6 Å². The molecule has 4 nitrogen and oxygen atoms in total. The second-order valence-electron chi connectivity index (χ2n) is 4.65. The highest BCUT2D eigenvalue weighted by atomic mass is 32.1. The highest BCUT2D eigenvalue weighted by Gasteiger charge is 2.19. The molecule has 0 spiro atoms. The van der Waals surface area contributed by atoms with Gasteiger partial charge in [-0.2, -0.15) is 0 Å². The van der Waals surface area contributed by atoms with Gasteiger partial charge >= 0.3 is 0 Å². The lowest BCUT2D eigenvalue weighted by Crippen LogP contribution is -2.14. The van der Waals surface area contributed by atoms with Crippen LogP contribution in [0.4, 0.5) is 0 Å². The molecule has 0 saturated carbocycles. The van der Waals surface area contributed by atoms with Gasteiger partial charge < -0.3 is 10.5 Å². The molecule has 2 atom stereocenters. The fourth-order valence-electron chi connectivity index (χ4n) is 2.28. The zero-order valence-electron chi connectivity index (χ0n) is 10.4. The Bertz CT molecular complexity index is 336. The highest BCUT2D eigenvalue weighted by Crippen LogP contribution is 2.26. The van der Waals surface area contributed by atoms with Crippen molar-refractivity contribution in [3.05, 3.63) is 10.6 Å². The van der Waals surface area contributed by atoms with E-state index in [0.717, 1.165) is 38.0 Å². The Kier molecular flexibility index (Phi) is 4.88. The number of aromatic nitrogens is 2. The molecule has 1 aliphatic rings. The van der Waals surface area contributed by atoms with Crippen molar-refractivity contribution in [1.82, 2.24) is 9.59 Å². The van der Waals surface area contributed by atoms with Crippen molar-refractivity contribution in [3.8, 4) is 0 Å². The van der Waals surface area contributed by atoms with Gasteiger partial charge in [0.15, 0.2) is 0 Å². The number of nitrogens with two attached hydrogens (primary N) is 1. The van der Waals surface area contributed by atoms with Gasteiger partial charge in [0.1, 0.15) is 0 Å². The van der Waals surface area contributed by atoms with E-state index in [9.17, 15) is 0 Å². The maximum absolute atomic E-state index is 6.22. The van der Waals surface area contributed by atoms with Crippen LogP contribution in [0.25, 0.3) is 0 Å². The molecule has 1 aromatic heterocycles. The molecule has 1 fully saturated rings. The third-order valence-electron chi connectivity index (χ3n) is 3.23. The SMILES string of the molecule is CCCc1nnsc1C(N)CCC1CCCO1. The van der Waals surface area contributed by atoms with Crippen molar-refractivity contribution in [2.24, 2.45) is 5.73 Å². The number of hydrogen-bond donors (Lipinski definition) is 1. The molecule has 2 heterocycles. The maximum atomic E-state index is 6.22. The molecule has 2 rings (SSSR count). The van der Waals surface area contributed by atoms with E-state index in [1.165, 1.54) is 29.3 Å². The first-order valence-electron chi connectivity index (χ1n) is 6.49. The third kappa shape index (κ3) is 3.47. The molecule has 0 aliphatic carbocycles. The van der Waals surface area contributed by atoms with Crippen molar-refractivity contribution in [2.45, 2.75) is 57.6 Å².